The fraction of sp³-hybridized carbons (Fsp3) is 0.217. The third-order valence-electron chi connectivity index (χ3n) is 5.41. The van der Waals surface area contributed by atoms with Crippen LogP contribution >= 0.6 is 11.3 Å². The molecule has 0 fully saturated rings. The van der Waals surface area contributed by atoms with E-state index in [2.05, 4.69) is 11.4 Å². The van der Waals surface area contributed by atoms with Gasteiger partial charge >= 0.3 is 5.97 Å². The number of carbonyl (C=O) groups is 2. The van der Waals surface area contributed by atoms with Crippen molar-refractivity contribution in [1.82, 2.24) is 0 Å². The molecule has 4 rings (SSSR count). The van der Waals surface area contributed by atoms with E-state index in [4.69, 9.17) is 4.74 Å². The molecule has 0 spiro atoms. The van der Waals surface area contributed by atoms with Gasteiger partial charge in [-0.1, -0.05) is 30.3 Å². The van der Waals surface area contributed by atoms with Gasteiger partial charge in [-0.15, -0.1) is 11.3 Å². The summed E-state index contributed by atoms with van der Waals surface area (Å²) in [6, 6.07) is 13.4. The number of rotatable bonds is 4. The van der Waals surface area contributed by atoms with Crippen molar-refractivity contribution in [1.29, 1.82) is 0 Å². The Morgan fingerprint density at radius 2 is 1.86 bits per heavy atom. The maximum Gasteiger partial charge on any atom is 0.346 e. The number of aromatic carboxylic acids is 1. The second kappa shape index (κ2) is 7.37. The number of amides is 1. The van der Waals surface area contributed by atoms with Crippen LogP contribution in [-0.4, -0.2) is 24.1 Å². The molecule has 0 radical (unpaired) electrons. The monoisotopic (exact) mass is 407 g/mol. The van der Waals surface area contributed by atoms with Crippen LogP contribution in [0.1, 0.15) is 43.6 Å². The van der Waals surface area contributed by atoms with Gasteiger partial charge in [-0.05, 0) is 48.2 Å². The molecule has 6 heteroatoms. The number of nitrogens with one attached hydrogen (secondary N) is 1. The number of benzene rings is 2. The molecular weight excluding hydrogens is 386 g/mol. The zero-order valence-corrected chi connectivity index (χ0v) is 17.2. The Labute approximate surface area is 173 Å². The first kappa shape index (κ1) is 19.2. The fourth-order valence-electron chi connectivity index (χ4n) is 3.72. The zero-order valence-electron chi connectivity index (χ0n) is 16.4. The van der Waals surface area contributed by atoms with E-state index in [1.165, 1.54) is 16.9 Å². The fourth-order valence-corrected chi connectivity index (χ4v) is 4.97. The van der Waals surface area contributed by atoms with Gasteiger partial charge in [0.05, 0.1) is 12.8 Å². The normalized spacial score (nSPS) is 15.6. The molecule has 0 saturated heterocycles. The Morgan fingerprint density at radius 3 is 2.48 bits per heavy atom. The number of aryl methyl sites for hydroxylation is 2. The highest BCUT2D eigenvalue weighted by atomic mass is 32.1. The van der Waals surface area contributed by atoms with Crippen molar-refractivity contribution in [2.75, 3.05) is 12.4 Å². The number of hydrogen-bond donors (Lipinski definition) is 2. The van der Waals surface area contributed by atoms with Crippen molar-refractivity contribution in [2.24, 2.45) is 0 Å². The van der Waals surface area contributed by atoms with Crippen molar-refractivity contribution in [2.45, 2.75) is 26.2 Å². The molecule has 0 aliphatic carbocycles. The summed E-state index contributed by atoms with van der Waals surface area (Å²) in [5.41, 5.74) is 5.27. The number of ether oxygens (including phenoxy) is 1. The first-order chi connectivity index (χ1) is 13.9. The van der Waals surface area contributed by atoms with Crippen molar-refractivity contribution in [3.63, 3.8) is 0 Å². The van der Waals surface area contributed by atoms with E-state index in [1.807, 2.05) is 38.1 Å². The average molecular weight is 407 g/mol. The summed E-state index contributed by atoms with van der Waals surface area (Å²) >= 11 is 1.24. The second-order valence-electron chi connectivity index (χ2n) is 7.23. The predicted molar refractivity (Wildman–Crippen MR) is 114 cm³/mol. The van der Waals surface area contributed by atoms with Gasteiger partial charge in [0, 0.05) is 22.8 Å². The highest BCUT2D eigenvalue weighted by Crippen LogP contribution is 2.49. The summed E-state index contributed by atoms with van der Waals surface area (Å²) in [4.78, 5) is 25.7. The highest BCUT2D eigenvalue weighted by molar-refractivity contribution is 7.15. The number of thiophene rings is 1. The molecule has 1 atom stereocenters. The Kier molecular flexibility index (Phi) is 4.88. The maximum absolute atomic E-state index is 12.6. The van der Waals surface area contributed by atoms with E-state index in [0.29, 0.717) is 23.4 Å². The van der Waals surface area contributed by atoms with Crippen LogP contribution in [0.2, 0.25) is 0 Å². The molecular formula is C23H21NO4S. The van der Waals surface area contributed by atoms with E-state index in [0.717, 1.165) is 21.6 Å². The molecule has 0 bridgehead atoms. The third-order valence-corrected chi connectivity index (χ3v) is 6.70. The SMILES string of the molecule is COc1ccc(-c2c(C(=O)O)sc3c2NC(=O)C[C@@H]3c2ccc(C)c(C)c2)cc1. The van der Waals surface area contributed by atoms with Crippen molar-refractivity contribution >= 4 is 28.9 Å². The van der Waals surface area contributed by atoms with Gasteiger partial charge in [0.15, 0.2) is 0 Å². The van der Waals surface area contributed by atoms with Crippen molar-refractivity contribution in [3.8, 4) is 16.9 Å². The van der Waals surface area contributed by atoms with Crippen LogP contribution in [0, 0.1) is 13.8 Å². The molecule has 5 nitrogen and oxygen atoms in total. The highest BCUT2D eigenvalue weighted by Gasteiger charge is 2.34. The third kappa shape index (κ3) is 3.40. The number of methoxy groups -OCH3 is 1. The van der Waals surface area contributed by atoms with Crippen LogP contribution in [0.15, 0.2) is 42.5 Å². The number of anilines is 1. The molecule has 2 aromatic carbocycles. The van der Waals surface area contributed by atoms with Gasteiger partial charge in [-0.25, -0.2) is 4.79 Å². The van der Waals surface area contributed by atoms with Gasteiger partial charge < -0.3 is 15.2 Å². The Balaban J connectivity index is 1.90. The predicted octanol–water partition coefficient (Wildman–Crippen LogP) is 5.21. The van der Waals surface area contributed by atoms with Crippen LogP contribution in [0.25, 0.3) is 11.1 Å². The van der Waals surface area contributed by atoms with E-state index >= 15 is 0 Å². The van der Waals surface area contributed by atoms with Crippen molar-refractivity contribution in [3.05, 3.63) is 68.9 Å². The number of hydrogen-bond acceptors (Lipinski definition) is 4. The topological polar surface area (TPSA) is 75.6 Å². The number of carboxylic acids is 1. The number of carbonyl (C=O) groups excluding carboxylic acids is 1. The molecule has 3 aromatic rings. The summed E-state index contributed by atoms with van der Waals surface area (Å²) in [5, 5.41) is 12.8. The quantitative estimate of drug-likeness (QED) is 0.622. The first-order valence-electron chi connectivity index (χ1n) is 9.30. The molecule has 0 unspecified atom stereocenters. The number of fused-ring (bicyclic) bond motifs is 1. The lowest BCUT2D eigenvalue weighted by atomic mass is 9.87. The average Bonchev–Trinajstić information content (AvgIpc) is 3.09. The van der Waals surface area contributed by atoms with E-state index in [1.54, 1.807) is 19.2 Å². The van der Waals surface area contributed by atoms with Gasteiger partial charge in [0.25, 0.3) is 0 Å². The van der Waals surface area contributed by atoms with E-state index in [-0.39, 0.29) is 16.7 Å². The van der Waals surface area contributed by atoms with Crippen molar-refractivity contribution < 1.29 is 19.4 Å². The molecule has 1 aliphatic heterocycles. The molecule has 0 saturated carbocycles. The lowest BCUT2D eigenvalue weighted by Crippen LogP contribution is -2.22. The Morgan fingerprint density at radius 1 is 1.14 bits per heavy atom. The lowest BCUT2D eigenvalue weighted by molar-refractivity contribution is -0.116. The van der Waals surface area contributed by atoms with Crippen LogP contribution < -0.4 is 10.1 Å². The Bertz CT molecular complexity index is 1110. The summed E-state index contributed by atoms with van der Waals surface area (Å²) in [6.45, 7) is 4.09. The standard InChI is InChI=1S/C23H21NO4S/c1-12-4-5-15(10-13(12)2)17-11-18(25)24-20-19(22(23(26)27)29-21(17)20)14-6-8-16(28-3)9-7-14/h4-10,17H,11H2,1-3H3,(H,24,25)(H,26,27)/t17-/m1/s1. The summed E-state index contributed by atoms with van der Waals surface area (Å²) < 4.78 is 5.21. The van der Waals surface area contributed by atoms with Crippen LogP contribution in [0.4, 0.5) is 5.69 Å². The Hall–Kier alpha value is -3.12. The van der Waals surface area contributed by atoms with Gasteiger partial charge in [-0.2, -0.15) is 0 Å². The van der Waals surface area contributed by atoms with Gasteiger partial charge in [0.1, 0.15) is 10.6 Å². The second-order valence-corrected chi connectivity index (χ2v) is 8.28. The van der Waals surface area contributed by atoms with E-state index in [9.17, 15) is 14.7 Å². The molecule has 148 valence electrons. The zero-order chi connectivity index (χ0) is 20.7. The lowest BCUT2D eigenvalue weighted by Gasteiger charge is -2.24. The largest absolute Gasteiger partial charge is 0.497 e. The van der Waals surface area contributed by atoms with E-state index < -0.39 is 5.97 Å². The van der Waals surface area contributed by atoms with Crippen LogP contribution in [0.3, 0.4) is 0 Å². The minimum Gasteiger partial charge on any atom is -0.497 e. The van der Waals surface area contributed by atoms with Gasteiger partial charge in [-0.3, -0.25) is 4.79 Å². The molecule has 29 heavy (non-hydrogen) atoms. The minimum atomic E-state index is -0.997. The first-order valence-corrected chi connectivity index (χ1v) is 10.1. The smallest absolute Gasteiger partial charge is 0.346 e. The molecule has 2 heterocycles. The summed E-state index contributed by atoms with van der Waals surface area (Å²) in [6.07, 6.45) is 0.303. The molecule has 1 amide bonds. The molecule has 1 aliphatic rings. The van der Waals surface area contributed by atoms with Gasteiger partial charge in [0.2, 0.25) is 5.91 Å². The molecule has 2 N–H and O–H groups in total. The van der Waals surface area contributed by atoms with Crippen LogP contribution in [-0.2, 0) is 4.79 Å². The number of carboxylic acid groups (broad SMARTS) is 1. The minimum absolute atomic E-state index is 0.106. The summed E-state index contributed by atoms with van der Waals surface area (Å²) in [5.74, 6) is -0.576. The van der Waals surface area contributed by atoms with Crippen LogP contribution in [0.5, 0.6) is 5.75 Å². The molecule has 1 aromatic heterocycles. The maximum atomic E-state index is 12.6. The summed E-state index contributed by atoms with van der Waals surface area (Å²) in [7, 11) is 1.58.